The highest BCUT2D eigenvalue weighted by molar-refractivity contribution is 14.1. The molecule has 0 saturated carbocycles. The van der Waals surface area contributed by atoms with Gasteiger partial charge in [0, 0.05) is 3.57 Å². The highest BCUT2D eigenvalue weighted by atomic mass is 127. The fourth-order valence-corrected chi connectivity index (χ4v) is 2.07. The van der Waals surface area contributed by atoms with Crippen molar-refractivity contribution in [2.24, 2.45) is 0 Å². The summed E-state index contributed by atoms with van der Waals surface area (Å²) in [6, 6.07) is 3.94. The van der Waals surface area contributed by atoms with E-state index in [4.69, 9.17) is 28.6 Å². The summed E-state index contributed by atoms with van der Waals surface area (Å²) < 4.78 is 5.98. The Morgan fingerprint density at radius 2 is 2.15 bits per heavy atom. The van der Waals surface area contributed by atoms with Gasteiger partial charge >= 0.3 is 0 Å². The van der Waals surface area contributed by atoms with Crippen LogP contribution >= 0.6 is 46.4 Å². The largest absolute Gasteiger partial charge is 0.486 e. The summed E-state index contributed by atoms with van der Waals surface area (Å²) in [5, 5.41) is 1.12. The molecule has 0 fully saturated rings. The minimum absolute atomic E-state index is 0.445. The van der Waals surface area contributed by atoms with E-state index in [1.165, 1.54) is 0 Å². The van der Waals surface area contributed by atoms with Crippen LogP contribution < -0.4 is 0 Å². The van der Waals surface area contributed by atoms with E-state index in [2.05, 4.69) is 22.6 Å². The third-order valence-electron chi connectivity index (χ3n) is 1.69. The van der Waals surface area contributed by atoms with Gasteiger partial charge in [-0.1, -0.05) is 17.7 Å². The SMILES string of the molecule is COC(=S)c1c(C)ccc(I)c1Cl. The number of rotatable bonds is 1. The lowest BCUT2D eigenvalue weighted by molar-refractivity contribution is 0.415. The van der Waals surface area contributed by atoms with E-state index in [0.717, 1.165) is 14.7 Å². The second-order valence-electron chi connectivity index (χ2n) is 2.54. The molecule has 0 atom stereocenters. The van der Waals surface area contributed by atoms with Gasteiger partial charge in [-0.05, 0) is 53.4 Å². The molecule has 0 radical (unpaired) electrons. The molecular formula is C9H8ClIOS. The normalized spacial score (nSPS) is 9.85. The van der Waals surface area contributed by atoms with E-state index in [9.17, 15) is 0 Å². The molecule has 0 aliphatic heterocycles. The zero-order chi connectivity index (χ0) is 10.0. The van der Waals surface area contributed by atoms with Gasteiger partial charge in [0.05, 0.1) is 17.7 Å². The van der Waals surface area contributed by atoms with Gasteiger partial charge in [-0.2, -0.15) is 0 Å². The molecule has 0 heterocycles. The molecule has 0 spiro atoms. The molecule has 0 bridgehead atoms. The number of benzene rings is 1. The standard InChI is InChI=1S/C9H8ClIOS/c1-5-3-4-6(11)8(10)7(5)9(13)12-2/h3-4H,1-2H3. The molecule has 70 valence electrons. The van der Waals surface area contributed by atoms with Gasteiger partial charge in [0.1, 0.15) is 0 Å². The van der Waals surface area contributed by atoms with Gasteiger partial charge in [-0.25, -0.2) is 0 Å². The number of hydrogen-bond donors (Lipinski definition) is 0. The summed E-state index contributed by atoms with van der Waals surface area (Å²) in [5.41, 5.74) is 1.86. The van der Waals surface area contributed by atoms with E-state index in [-0.39, 0.29) is 0 Å². The summed E-state index contributed by atoms with van der Waals surface area (Å²) in [7, 11) is 1.55. The van der Waals surface area contributed by atoms with Crippen molar-refractivity contribution in [3.63, 3.8) is 0 Å². The molecule has 4 heteroatoms. The zero-order valence-electron chi connectivity index (χ0n) is 7.23. The maximum Gasteiger partial charge on any atom is 0.192 e. The van der Waals surface area contributed by atoms with Crippen LogP contribution in [-0.4, -0.2) is 12.2 Å². The molecular weight excluding hydrogens is 319 g/mol. The molecule has 0 saturated heterocycles. The fraction of sp³-hybridized carbons (Fsp3) is 0.222. The lowest BCUT2D eigenvalue weighted by Crippen LogP contribution is -2.04. The molecule has 0 aliphatic carbocycles. The van der Waals surface area contributed by atoms with Gasteiger partial charge in [-0.3, -0.25) is 0 Å². The topological polar surface area (TPSA) is 9.23 Å². The minimum Gasteiger partial charge on any atom is -0.486 e. The molecule has 0 N–H and O–H groups in total. The Morgan fingerprint density at radius 3 is 2.69 bits per heavy atom. The summed E-state index contributed by atoms with van der Waals surface area (Å²) in [4.78, 5) is 0. The van der Waals surface area contributed by atoms with E-state index in [0.29, 0.717) is 10.1 Å². The lowest BCUT2D eigenvalue weighted by Gasteiger charge is -2.09. The van der Waals surface area contributed by atoms with Gasteiger partial charge in [0.25, 0.3) is 0 Å². The third-order valence-corrected chi connectivity index (χ3v) is 3.67. The quantitative estimate of drug-likeness (QED) is 0.576. The third kappa shape index (κ3) is 2.33. The van der Waals surface area contributed by atoms with E-state index in [1.54, 1.807) is 7.11 Å². The average molecular weight is 327 g/mol. The molecule has 1 rings (SSSR count). The first-order chi connectivity index (χ1) is 6.07. The number of methoxy groups -OCH3 is 1. The molecule has 1 nitrogen and oxygen atoms in total. The first-order valence-electron chi connectivity index (χ1n) is 3.61. The van der Waals surface area contributed by atoms with Gasteiger partial charge in [0.2, 0.25) is 0 Å². The smallest absolute Gasteiger partial charge is 0.192 e. The lowest BCUT2D eigenvalue weighted by atomic mass is 10.1. The van der Waals surface area contributed by atoms with Crippen LogP contribution in [0.25, 0.3) is 0 Å². The molecule has 1 aromatic rings. The first-order valence-corrected chi connectivity index (χ1v) is 5.47. The van der Waals surface area contributed by atoms with Gasteiger partial charge in [-0.15, -0.1) is 0 Å². The first kappa shape index (κ1) is 11.2. The van der Waals surface area contributed by atoms with E-state index in [1.807, 2.05) is 19.1 Å². The monoisotopic (exact) mass is 326 g/mol. The summed E-state index contributed by atoms with van der Waals surface area (Å²) >= 11 is 13.3. The molecule has 0 aliphatic rings. The number of thiocarbonyl (C=S) groups is 1. The Morgan fingerprint density at radius 1 is 1.54 bits per heavy atom. The Bertz CT molecular complexity index is 352. The number of aryl methyl sites for hydroxylation is 1. The Kier molecular flexibility index (Phi) is 3.94. The second kappa shape index (κ2) is 4.57. The van der Waals surface area contributed by atoms with E-state index >= 15 is 0 Å². The van der Waals surface area contributed by atoms with Crippen LogP contribution in [0.3, 0.4) is 0 Å². The summed E-state index contributed by atoms with van der Waals surface area (Å²) in [6.45, 7) is 1.96. The average Bonchev–Trinajstić information content (AvgIpc) is 2.12. The van der Waals surface area contributed by atoms with Crippen LogP contribution in [0.5, 0.6) is 0 Å². The minimum atomic E-state index is 0.445. The Labute approximate surface area is 102 Å². The van der Waals surface area contributed by atoms with E-state index < -0.39 is 0 Å². The van der Waals surface area contributed by atoms with Crippen LogP contribution in [0, 0.1) is 10.5 Å². The zero-order valence-corrected chi connectivity index (χ0v) is 11.0. The van der Waals surface area contributed by atoms with Crippen molar-refractivity contribution >= 4 is 51.5 Å². The van der Waals surface area contributed by atoms with Gasteiger partial charge in [0.15, 0.2) is 5.05 Å². The fourth-order valence-electron chi connectivity index (χ4n) is 1.000. The number of hydrogen-bond acceptors (Lipinski definition) is 2. The van der Waals surface area contributed by atoms with Crippen molar-refractivity contribution < 1.29 is 4.74 Å². The maximum atomic E-state index is 6.10. The number of ether oxygens (including phenoxy) is 1. The molecule has 13 heavy (non-hydrogen) atoms. The van der Waals surface area contributed by atoms with Gasteiger partial charge < -0.3 is 4.74 Å². The van der Waals surface area contributed by atoms with Crippen LogP contribution in [0.2, 0.25) is 5.02 Å². The van der Waals surface area contributed by atoms with Crippen LogP contribution in [0.15, 0.2) is 12.1 Å². The molecule has 0 aromatic heterocycles. The van der Waals surface area contributed by atoms with Crippen LogP contribution in [0.4, 0.5) is 0 Å². The van der Waals surface area contributed by atoms with Crippen molar-refractivity contribution in [1.82, 2.24) is 0 Å². The summed E-state index contributed by atoms with van der Waals surface area (Å²) in [5.74, 6) is 0. The Balaban J connectivity index is 3.33. The predicted molar refractivity (Wildman–Crippen MR) is 67.6 cm³/mol. The molecule has 0 amide bonds. The number of halogens is 2. The Hall–Kier alpha value is 0.130. The highest BCUT2D eigenvalue weighted by Crippen LogP contribution is 2.26. The van der Waals surface area contributed by atoms with Crippen molar-refractivity contribution in [3.8, 4) is 0 Å². The maximum absolute atomic E-state index is 6.10. The second-order valence-corrected chi connectivity index (χ2v) is 4.46. The molecule has 1 aromatic carbocycles. The van der Waals surface area contributed by atoms with Crippen molar-refractivity contribution in [2.45, 2.75) is 6.92 Å². The van der Waals surface area contributed by atoms with Crippen molar-refractivity contribution in [3.05, 3.63) is 31.9 Å². The van der Waals surface area contributed by atoms with Crippen LogP contribution in [-0.2, 0) is 4.74 Å². The predicted octanol–water partition coefficient (Wildman–Crippen LogP) is 3.57. The van der Waals surface area contributed by atoms with Crippen molar-refractivity contribution in [2.75, 3.05) is 7.11 Å². The summed E-state index contributed by atoms with van der Waals surface area (Å²) in [6.07, 6.45) is 0. The molecule has 0 unspecified atom stereocenters. The van der Waals surface area contributed by atoms with Crippen LogP contribution in [0.1, 0.15) is 11.1 Å². The van der Waals surface area contributed by atoms with Crippen molar-refractivity contribution in [1.29, 1.82) is 0 Å². The highest BCUT2D eigenvalue weighted by Gasteiger charge is 2.12.